The number of hydrogen-bond donors (Lipinski definition) is 1. The van der Waals surface area contributed by atoms with E-state index < -0.39 is 0 Å². The second-order valence-electron chi connectivity index (χ2n) is 5.50. The minimum Gasteiger partial charge on any atom is -0.342 e. The van der Waals surface area contributed by atoms with Crippen molar-refractivity contribution in [2.75, 3.05) is 12.4 Å². The first kappa shape index (κ1) is 15.4. The largest absolute Gasteiger partial charge is 0.342 e. The molecule has 1 N–H and O–H groups in total. The van der Waals surface area contributed by atoms with Crippen molar-refractivity contribution in [3.8, 4) is 0 Å². The van der Waals surface area contributed by atoms with Gasteiger partial charge in [-0.05, 0) is 30.7 Å². The Bertz CT molecular complexity index is 859. The van der Waals surface area contributed by atoms with Crippen molar-refractivity contribution < 1.29 is 4.79 Å². The van der Waals surface area contributed by atoms with Crippen LogP contribution in [0.3, 0.4) is 0 Å². The zero-order chi connectivity index (χ0) is 16.4. The van der Waals surface area contributed by atoms with Crippen LogP contribution in [0.1, 0.15) is 17.4 Å². The molecule has 23 heavy (non-hydrogen) atoms. The molecule has 0 unspecified atom stereocenters. The third kappa shape index (κ3) is 3.48. The number of rotatable bonds is 4. The van der Waals surface area contributed by atoms with Gasteiger partial charge in [-0.1, -0.05) is 12.1 Å². The van der Waals surface area contributed by atoms with Gasteiger partial charge in [-0.3, -0.25) is 4.79 Å². The number of carbonyl (C=O) groups is 1. The monoisotopic (exact) mass is 326 g/mol. The number of hydrogen-bond acceptors (Lipinski definition) is 5. The lowest BCUT2D eigenvalue weighted by atomic mass is 10.2. The van der Waals surface area contributed by atoms with Crippen LogP contribution in [0.4, 0.5) is 11.5 Å². The summed E-state index contributed by atoms with van der Waals surface area (Å²) in [4.78, 5) is 23.9. The zero-order valence-corrected chi connectivity index (χ0v) is 14.1. The maximum atomic E-state index is 11.4. The van der Waals surface area contributed by atoms with E-state index in [-0.39, 0.29) is 5.91 Å². The van der Waals surface area contributed by atoms with Crippen LogP contribution in [0, 0.1) is 6.92 Å². The molecule has 1 amide bonds. The Labute approximate surface area is 139 Å². The summed E-state index contributed by atoms with van der Waals surface area (Å²) in [6.45, 7) is 4.22. The van der Waals surface area contributed by atoms with E-state index in [1.165, 1.54) is 4.88 Å². The summed E-state index contributed by atoms with van der Waals surface area (Å²) in [5.41, 5.74) is 2.02. The van der Waals surface area contributed by atoms with Crippen LogP contribution < -0.4 is 5.32 Å². The van der Waals surface area contributed by atoms with Gasteiger partial charge in [0, 0.05) is 31.1 Å². The SMILES string of the molecule is CC(=O)N(C)Cc1cccc(Nc2ncnc3sc(C)cc23)c1. The van der Waals surface area contributed by atoms with Gasteiger partial charge in [0.25, 0.3) is 0 Å². The Kier molecular flexibility index (Phi) is 4.25. The summed E-state index contributed by atoms with van der Waals surface area (Å²) in [6, 6.07) is 10.1. The fraction of sp³-hybridized carbons (Fsp3) is 0.235. The second kappa shape index (κ2) is 6.34. The lowest BCUT2D eigenvalue weighted by Gasteiger charge is -2.15. The van der Waals surface area contributed by atoms with Crippen molar-refractivity contribution in [3.05, 3.63) is 47.1 Å². The number of amides is 1. The quantitative estimate of drug-likeness (QED) is 0.794. The molecular formula is C17H18N4OS. The molecule has 0 aliphatic heterocycles. The van der Waals surface area contributed by atoms with E-state index in [1.807, 2.05) is 24.3 Å². The zero-order valence-electron chi connectivity index (χ0n) is 13.3. The molecule has 0 saturated heterocycles. The van der Waals surface area contributed by atoms with Gasteiger partial charge in [0.1, 0.15) is 17.0 Å². The molecule has 0 bridgehead atoms. The van der Waals surface area contributed by atoms with E-state index in [9.17, 15) is 4.79 Å². The average molecular weight is 326 g/mol. The van der Waals surface area contributed by atoms with Gasteiger partial charge in [-0.2, -0.15) is 0 Å². The molecule has 2 aromatic heterocycles. The first-order valence-corrected chi connectivity index (χ1v) is 8.13. The summed E-state index contributed by atoms with van der Waals surface area (Å²) >= 11 is 1.66. The summed E-state index contributed by atoms with van der Waals surface area (Å²) in [5.74, 6) is 0.853. The highest BCUT2D eigenvalue weighted by Gasteiger charge is 2.08. The Hall–Kier alpha value is -2.47. The van der Waals surface area contributed by atoms with E-state index in [4.69, 9.17) is 0 Å². The highest BCUT2D eigenvalue weighted by Crippen LogP contribution is 2.29. The third-order valence-electron chi connectivity index (χ3n) is 3.60. The van der Waals surface area contributed by atoms with E-state index in [0.717, 1.165) is 27.3 Å². The van der Waals surface area contributed by atoms with Gasteiger partial charge in [0.2, 0.25) is 5.91 Å². The smallest absolute Gasteiger partial charge is 0.219 e. The molecule has 0 aliphatic carbocycles. The van der Waals surface area contributed by atoms with Crippen molar-refractivity contribution >= 4 is 39.0 Å². The summed E-state index contributed by atoms with van der Waals surface area (Å²) in [7, 11) is 1.80. The maximum absolute atomic E-state index is 11.4. The predicted molar refractivity (Wildman–Crippen MR) is 94.0 cm³/mol. The molecule has 0 spiro atoms. The molecule has 1 aromatic carbocycles. The molecular weight excluding hydrogens is 308 g/mol. The van der Waals surface area contributed by atoms with Gasteiger partial charge in [0.15, 0.2) is 0 Å². The number of aromatic nitrogens is 2. The lowest BCUT2D eigenvalue weighted by Crippen LogP contribution is -2.22. The molecule has 5 nitrogen and oxygen atoms in total. The molecule has 6 heteroatoms. The first-order chi connectivity index (χ1) is 11.0. The van der Waals surface area contributed by atoms with Crippen LogP contribution in [-0.2, 0) is 11.3 Å². The fourth-order valence-corrected chi connectivity index (χ4v) is 3.19. The maximum Gasteiger partial charge on any atom is 0.219 e. The summed E-state index contributed by atoms with van der Waals surface area (Å²) in [6.07, 6.45) is 1.58. The average Bonchev–Trinajstić information content (AvgIpc) is 2.89. The third-order valence-corrected chi connectivity index (χ3v) is 4.56. The molecule has 0 aliphatic rings. The van der Waals surface area contributed by atoms with Crippen LogP contribution in [0.25, 0.3) is 10.2 Å². The van der Waals surface area contributed by atoms with Crippen LogP contribution >= 0.6 is 11.3 Å². The molecule has 0 radical (unpaired) electrons. The van der Waals surface area contributed by atoms with Crippen LogP contribution in [-0.4, -0.2) is 27.8 Å². The second-order valence-corrected chi connectivity index (χ2v) is 6.73. The number of benzene rings is 1. The molecule has 3 rings (SSSR count). The standard InChI is InChI=1S/C17H18N4OS/c1-11-7-15-16(18-10-19-17(15)23-11)20-14-6-4-5-13(8-14)9-21(3)12(2)22/h4-8,10H,9H2,1-3H3,(H,18,19,20). The van der Waals surface area contributed by atoms with Crippen LogP contribution in [0.5, 0.6) is 0 Å². The number of anilines is 2. The van der Waals surface area contributed by atoms with Crippen molar-refractivity contribution in [3.63, 3.8) is 0 Å². The van der Waals surface area contributed by atoms with Gasteiger partial charge < -0.3 is 10.2 Å². The van der Waals surface area contributed by atoms with Crippen molar-refractivity contribution in [1.82, 2.24) is 14.9 Å². The first-order valence-electron chi connectivity index (χ1n) is 7.32. The molecule has 0 atom stereocenters. The minimum absolute atomic E-state index is 0.0506. The Morgan fingerprint density at radius 1 is 1.30 bits per heavy atom. The van der Waals surface area contributed by atoms with Crippen molar-refractivity contribution in [2.24, 2.45) is 0 Å². The topological polar surface area (TPSA) is 58.1 Å². The molecule has 2 heterocycles. The Morgan fingerprint density at radius 2 is 2.13 bits per heavy atom. The van der Waals surface area contributed by atoms with E-state index >= 15 is 0 Å². The number of nitrogens with zero attached hydrogens (tertiary/aromatic N) is 3. The molecule has 118 valence electrons. The predicted octanol–water partition coefficient (Wildman–Crippen LogP) is 3.72. The number of carbonyl (C=O) groups excluding carboxylic acids is 1. The van der Waals surface area contributed by atoms with Gasteiger partial charge in [-0.25, -0.2) is 9.97 Å². The van der Waals surface area contributed by atoms with E-state index in [0.29, 0.717) is 6.54 Å². The van der Waals surface area contributed by atoms with Crippen LogP contribution in [0.15, 0.2) is 36.7 Å². The van der Waals surface area contributed by atoms with Crippen LogP contribution in [0.2, 0.25) is 0 Å². The number of aryl methyl sites for hydroxylation is 1. The minimum atomic E-state index is 0.0506. The highest BCUT2D eigenvalue weighted by atomic mass is 32.1. The van der Waals surface area contributed by atoms with Gasteiger partial charge in [0.05, 0.1) is 5.39 Å². The summed E-state index contributed by atoms with van der Waals surface area (Å²) < 4.78 is 0. The Balaban J connectivity index is 1.86. The van der Waals surface area contributed by atoms with E-state index in [1.54, 1.807) is 36.5 Å². The molecule has 3 aromatic rings. The molecule has 0 fully saturated rings. The fourth-order valence-electron chi connectivity index (χ4n) is 2.35. The number of nitrogens with one attached hydrogen (secondary N) is 1. The van der Waals surface area contributed by atoms with E-state index in [2.05, 4.69) is 28.3 Å². The lowest BCUT2D eigenvalue weighted by molar-refractivity contribution is -0.128. The highest BCUT2D eigenvalue weighted by molar-refractivity contribution is 7.18. The Morgan fingerprint density at radius 3 is 2.91 bits per heavy atom. The van der Waals surface area contributed by atoms with Crippen molar-refractivity contribution in [2.45, 2.75) is 20.4 Å². The summed E-state index contributed by atoms with van der Waals surface area (Å²) in [5, 5.41) is 4.38. The molecule has 0 saturated carbocycles. The van der Waals surface area contributed by atoms with Crippen molar-refractivity contribution in [1.29, 1.82) is 0 Å². The van der Waals surface area contributed by atoms with Gasteiger partial charge in [-0.15, -0.1) is 11.3 Å². The normalized spacial score (nSPS) is 10.7. The van der Waals surface area contributed by atoms with Gasteiger partial charge >= 0.3 is 0 Å². The number of thiophene rings is 1. The number of fused-ring (bicyclic) bond motifs is 1.